The smallest absolute Gasteiger partial charge is 0.189 e. The summed E-state index contributed by atoms with van der Waals surface area (Å²) in [5.74, 6) is 0.882. The molecule has 5 heteroatoms. The first-order chi connectivity index (χ1) is 6.83. The zero-order chi connectivity index (χ0) is 9.54. The highest BCUT2D eigenvalue weighted by Crippen LogP contribution is 2.32. The van der Waals surface area contributed by atoms with Crippen LogP contribution in [0.15, 0.2) is 12.1 Å². The number of ether oxygens (including phenoxy) is 2. The third kappa shape index (κ3) is 1.13. The third-order valence-corrected chi connectivity index (χ3v) is 2.99. The third-order valence-electron chi connectivity index (χ3n) is 2.14. The molecule has 4 nitrogen and oxygen atoms in total. The van der Waals surface area contributed by atoms with Crippen molar-refractivity contribution < 1.29 is 9.47 Å². The Kier molecular flexibility index (Phi) is 1.62. The first-order valence-corrected chi connectivity index (χ1v) is 5.04. The van der Waals surface area contributed by atoms with Gasteiger partial charge in [0.1, 0.15) is 5.75 Å². The van der Waals surface area contributed by atoms with Crippen molar-refractivity contribution in [1.82, 2.24) is 4.98 Å². The zero-order valence-corrected chi connectivity index (χ0v) is 8.13. The summed E-state index contributed by atoms with van der Waals surface area (Å²) >= 11 is 1.47. The normalized spacial score (nSPS) is 15.1. The highest BCUT2D eigenvalue weighted by molar-refractivity contribution is 7.22. The number of nitrogen functional groups attached to an aromatic ring is 1. The second-order valence-corrected chi connectivity index (χ2v) is 4.15. The molecule has 3 rings (SSSR count). The summed E-state index contributed by atoms with van der Waals surface area (Å²) in [4.78, 5) is 4.21. The lowest BCUT2D eigenvalue weighted by Crippen LogP contribution is -2.10. The molecule has 0 saturated carbocycles. The molecule has 0 saturated heterocycles. The average Bonchev–Trinajstić information content (AvgIpc) is 2.53. The number of aromatic nitrogens is 1. The molecule has 0 amide bonds. The number of nitrogens with zero attached hydrogens (tertiary/aromatic N) is 1. The molecule has 14 heavy (non-hydrogen) atoms. The molecule has 1 aromatic carbocycles. The van der Waals surface area contributed by atoms with Gasteiger partial charge in [-0.3, -0.25) is 0 Å². The van der Waals surface area contributed by atoms with E-state index in [1.165, 1.54) is 11.3 Å². The fourth-order valence-corrected chi connectivity index (χ4v) is 2.26. The molecular formula is C9H8N2O2S. The molecule has 1 aliphatic heterocycles. The van der Waals surface area contributed by atoms with E-state index in [1.807, 2.05) is 12.1 Å². The van der Waals surface area contributed by atoms with Gasteiger partial charge in [-0.2, -0.15) is 0 Å². The highest BCUT2D eigenvalue weighted by Gasteiger charge is 2.13. The second-order valence-electron chi connectivity index (χ2n) is 3.09. The molecule has 0 bridgehead atoms. The standard InChI is InChI=1S/C9H8N2O2S/c10-9-11-6-1-5-3-12-4-13-7(5)2-8(6)14-9/h1-2H,3-4H2,(H2,10,11). The fourth-order valence-electron chi connectivity index (χ4n) is 1.52. The second kappa shape index (κ2) is 2.83. The van der Waals surface area contributed by atoms with E-state index in [2.05, 4.69) is 4.98 Å². The van der Waals surface area contributed by atoms with Gasteiger partial charge in [0, 0.05) is 11.6 Å². The number of anilines is 1. The van der Waals surface area contributed by atoms with Crippen LogP contribution in [0.4, 0.5) is 5.13 Å². The Balaban J connectivity index is 2.26. The van der Waals surface area contributed by atoms with E-state index in [1.54, 1.807) is 0 Å². The maximum absolute atomic E-state index is 5.62. The van der Waals surface area contributed by atoms with E-state index in [0.29, 0.717) is 18.5 Å². The predicted molar refractivity (Wildman–Crippen MR) is 54.3 cm³/mol. The molecule has 0 unspecified atom stereocenters. The van der Waals surface area contributed by atoms with Gasteiger partial charge in [-0.15, -0.1) is 0 Å². The van der Waals surface area contributed by atoms with E-state index < -0.39 is 0 Å². The first-order valence-electron chi connectivity index (χ1n) is 4.22. The van der Waals surface area contributed by atoms with Crippen LogP contribution in [0, 0.1) is 0 Å². The van der Waals surface area contributed by atoms with Gasteiger partial charge >= 0.3 is 0 Å². The van der Waals surface area contributed by atoms with Gasteiger partial charge in [0.15, 0.2) is 11.9 Å². The number of nitrogens with two attached hydrogens (primary N) is 1. The SMILES string of the molecule is Nc1nc2cc3c(cc2s1)OCOC3. The van der Waals surface area contributed by atoms with Gasteiger partial charge in [-0.25, -0.2) is 4.98 Å². The molecule has 0 atom stereocenters. The lowest BCUT2D eigenvalue weighted by atomic mass is 10.2. The van der Waals surface area contributed by atoms with Crippen LogP contribution in [0.1, 0.15) is 5.56 Å². The van der Waals surface area contributed by atoms with Gasteiger partial charge in [0.05, 0.1) is 16.8 Å². The fraction of sp³-hybridized carbons (Fsp3) is 0.222. The first kappa shape index (κ1) is 8.02. The molecular weight excluding hydrogens is 200 g/mol. The van der Waals surface area contributed by atoms with Crippen LogP contribution in [0.25, 0.3) is 10.2 Å². The number of rotatable bonds is 0. The van der Waals surface area contributed by atoms with Gasteiger partial charge in [-0.05, 0) is 6.07 Å². The molecule has 2 N–H and O–H groups in total. The van der Waals surface area contributed by atoms with Crippen LogP contribution in [0.5, 0.6) is 5.75 Å². The molecule has 0 spiro atoms. The van der Waals surface area contributed by atoms with Crippen LogP contribution in [-0.2, 0) is 11.3 Å². The number of hydrogen-bond donors (Lipinski definition) is 1. The molecule has 72 valence electrons. The molecule has 0 aliphatic carbocycles. The van der Waals surface area contributed by atoms with Crippen LogP contribution in [0.3, 0.4) is 0 Å². The monoisotopic (exact) mass is 208 g/mol. The van der Waals surface area contributed by atoms with Crippen molar-refractivity contribution in [1.29, 1.82) is 0 Å². The van der Waals surface area contributed by atoms with Gasteiger partial charge < -0.3 is 15.2 Å². The minimum Gasteiger partial charge on any atom is -0.467 e. The maximum atomic E-state index is 5.62. The van der Waals surface area contributed by atoms with Crippen molar-refractivity contribution >= 4 is 26.7 Å². The summed E-state index contributed by atoms with van der Waals surface area (Å²) in [6.45, 7) is 0.912. The van der Waals surface area contributed by atoms with E-state index in [0.717, 1.165) is 21.5 Å². The quantitative estimate of drug-likeness (QED) is 0.716. The van der Waals surface area contributed by atoms with Gasteiger partial charge in [0.2, 0.25) is 0 Å². The Labute approximate surface area is 84.3 Å². The summed E-state index contributed by atoms with van der Waals surface area (Å²) < 4.78 is 11.6. The maximum Gasteiger partial charge on any atom is 0.189 e. The van der Waals surface area contributed by atoms with Gasteiger partial charge in [0.25, 0.3) is 0 Å². The molecule has 1 aromatic heterocycles. The predicted octanol–water partition coefficient (Wildman–Crippen LogP) is 1.75. The van der Waals surface area contributed by atoms with Crippen molar-refractivity contribution in [2.75, 3.05) is 12.5 Å². The van der Waals surface area contributed by atoms with Gasteiger partial charge in [-0.1, -0.05) is 11.3 Å². The minimum absolute atomic E-state index is 0.326. The Bertz CT molecular complexity index is 452. The van der Waals surface area contributed by atoms with Crippen molar-refractivity contribution in [3.05, 3.63) is 17.7 Å². The average molecular weight is 208 g/mol. The molecule has 2 heterocycles. The van der Waals surface area contributed by atoms with Crippen molar-refractivity contribution in [2.45, 2.75) is 6.61 Å². The largest absolute Gasteiger partial charge is 0.467 e. The van der Waals surface area contributed by atoms with Crippen LogP contribution >= 0.6 is 11.3 Å². The van der Waals surface area contributed by atoms with Crippen LogP contribution in [0.2, 0.25) is 0 Å². The topological polar surface area (TPSA) is 57.4 Å². The number of hydrogen-bond acceptors (Lipinski definition) is 5. The van der Waals surface area contributed by atoms with Crippen molar-refractivity contribution in [3.63, 3.8) is 0 Å². The number of fused-ring (bicyclic) bond motifs is 2. The number of thiazole rings is 1. The molecule has 2 aromatic rings. The van der Waals surface area contributed by atoms with Crippen molar-refractivity contribution in [3.8, 4) is 5.75 Å². The summed E-state index contributed by atoms with van der Waals surface area (Å²) in [7, 11) is 0. The summed E-state index contributed by atoms with van der Waals surface area (Å²) in [6.07, 6.45) is 0. The summed E-state index contributed by atoms with van der Waals surface area (Å²) in [5, 5.41) is 0.586. The van der Waals surface area contributed by atoms with Crippen LogP contribution in [-0.4, -0.2) is 11.8 Å². The Morgan fingerprint density at radius 3 is 3.29 bits per heavy atom. The lowest BCUT2D eigenvalue weighted by Gasteiger charge is -2.16. The highest BCUT2D eigenvalue weighted by atomic mass is 32.1. The summed E-state index contributed by atoms with van der Waals surface area (Å²) in [6, 6.07) is 3.94. The Morgan fingerprint density at radius 1 is 1.43 bits per heavy atom. The number of benzene rings is 1. The Hall–Kier alpha value is -1.33. The van der Waals surface area contributed by atoms with E-state index in [-0.39, 0.29) is 0 Å². The molecule has 0 radical (unpaired) electrons. The summed E-state index contributed by atoms with van der Waals surface area (Å²) in [5.41, 5.74) is 7.58. The Morgan fingerprint density at radius 2 is 2.36 bits per heavy atom. The zero-order valence-electron chi connectivity index (χ0n) is 7.32. The minimum atomic E-state index is 0.326. The molecule has 1 aliphatic rings. The lowest BCUT2D eigenvalue weighted by molar-refractivity contribution is -0.0161. The van der Waals surface area contributed by atoms with Crippen molar-refractivity contribution in [2.24, 2.45) is 0 Å². The van der Waals surface area contributed by atoms with Crippen LogP contribution < -0.4 is 10.5 Å². The van der Waals surface area contributed by atoms with E-state index >= 15 is 0 Å². The van der Waals surface area contributed by atoms with E-state index in [4.69, 9.17) is 15.2 Å². The molecule has 0 fully saturated rings. The van der Waals surface area contributed by atoms with E-state index in [9.17, 15) is 0 Å².